The van der Waals surface area contributed by atoms with Crippen molar-refractivity contribution in [2.45, 2.75) is 50.7 Å². The number of carbonyl (C=O) groups excluding carboxylic acids is 1. The average Bonchev–Trinajstić information content (AvgIpc) is 3.24. The zero-order chi connectivity index (χ0) is 19.6. The van der Waals surface area contributed by atoms with Gasteiger partial charge in [-0.3, -0.25) is 10.1 Å². The van der Waals surface area contributed by atoms with Gasteiger partial charge >= 0.3 is 0 Å². The van der Waals surface area contributed by atoms with E-state index >= 15 is 0 Å². The van der Waals surface area contributed by atoms with E-state index in [9.17, 15) is 18.3 Å². The van der Waals surface area contributed by atoms with Gasteiger partial charge in [0.15, 0.2) is 9.84 Å². The lowest BCUT2D eigenvalue weighted by molar-refractivity contribution is -0.118. The Morgan fingerprint density at radius 2 is 2.08 bits per heavy atom. The van der Waals surface area contributed by atoms with Crippen LogP contribution < -0.4 is 5.32 Å². The molecule has 0 saturated carbocycles. The third-order valence-corrected chi connectivity index (χ3v) is 7.49. The molecule has 1 saturated heterocycles. The molecule has 1 atom stereocenters. The van der Waals surface area contributed by atoms with Crippen LogP contribution in [0.4, 0.5) is 5.88 Å². The van der Waals surface area contributed by atoms with Crippen LogP contribution in [-0.2, 0) is 24.8 Å². The molecule has 1 aliphatic rings. The van der Waals surface area contributed by atoms with Crippen molar-refractivity contribution in [3.63, 3.8) is 0 Å². The summed E-state index contributed by atoms with van der Waals surface area (Å²) in [6, 6.07) is 1.49. The molecular weight excluding hydrogens is 360 g/mol. The molecule has 1 aromatic heterocycles. The maximum Gasteiger partial charge on any atom is 0.247 e. The van der Waals surface area contributed by atoms with Crippen LogP contribution in [0, 0.1) is 5.92 Å². The topological polar surface area (TPSA) is 119 Å². The van der Waals surface area contributed by atoms with Gasteiger partial charge in [0.1, 0.15) is 4.75 Å². The van der Waals surface area contributed by atoms with E-state index in [0.717, 1.165) is 6.42 Å². The van der Waals surface area contributed by atoms with Crippen molar-refractivity contribution in [1.82, 2.24) is 5.16 Å². The molecule has 1 aromatic rings. The minimum absolute atomic E-state index is 0.0546. The normalized spacial score (nSPS) is 18.9. The molecule has 0 unspecified atom stereocenters. The first-order valence-corrected chi connectivity index (χ1v) is 10.3. The van der Waals surface area contributed by atoms with Gasteiger partial charge in [-0.25, -0.2) is 8.42 Å². The Morgan fingerprint density at radius 1 is 1.38 bits per heavy atom. The Labute approximate surface area is 154 Å². The number of carbonyl (C=O) groups is 1. The SMILES string of the molecule is CC(C)(CO)c1cc(NC(=O)C(C)(C)S(=O)(=O)CC[C@H]2CCOC2)on1. The van der Waals surface area contributed by atoms with Crippen molar-refractivity contribution in [3.8, 4) is 0 Å². The largest absolute Gasteiger partial charge is 0.395 e. The molecule has 0 radical (unpaired) electrons. The number of nitrogens with zero attached hydrogens (tertiary/aromatic N) is 1. The molecule has 0 bridgehead atoms. The summed E-state index contributed by atoms with van der Waals surface area (Å²) in [6.45, 7) is 7.42. The number of hydrogen-bond acceptors (Lipinski definition) is 7. The first-order valence-electron chi connectivity index (χ1n) is 8.69. The average molecular weight is 388 g/mol. The van der Waals surface area contributed by atoms with Crippen LogP contribution in [0.5, 0.6) is 0 Å². The number of hydrogen-bond donors (Lipinski definition) is 2. The molecule has 26 heavy (non-hydrogen) atoms. The van der Waals surface area contributed by atoms with Gasteiger partial charge in [0.25, 0.3) is 0 Å². The monoisotopic (exact) mass is 388 g/mol. The highest BCUT2D eigenvalue weighted by molar-refractivity contribution is 7.93. The van der Waals surface area contributed by atoms with E-state index in [0.29, 0.717) is 25.3 Å². The number of nitrogens with one attached hydrogen (secondary N) is 1. The van der Waals surface area contributed by atoms with Gasteiger partial charge < -0.3 is 14.4 Å². The van der Waals surface area contributed by atoms with Crippen LogP contribution in [0.1, 0.15) is 46.2 Å². The number of amides is 1. The van der Waals surface area contributed by atoms with Gasteiger partial charge in [-0.1, -0.05) is 19.0 Å². The van der Waals surface area contributed by atoms with Crippen molar-refractivity contribution in [2.75, 3.05) is 30.9 Å². The predicted molar refractivity (Wildman–Crippen MR) is 96.7 cm³/mol. The summed E-state index contributed by atoms with van der Waals surface area (Å²) in [7, 11) is -3.66. The highest BCUT2D eigenvalue weighted by Gasteiger charge is 2.42. The molecule has 2 rings (SSSR count). The zero-order valence-corrected chi connectivity index (χ0v) is 16.6. The summed E-state index contributed by atoms with van der Waals surface area (Å²) in [4.78, 5) is 12.6. The smallest absolute Gasteiger partial charge is 0.247 e. The van der Waals surface area contributed by atoms with Crippen LogP contribution >= 0.6 is 0 Å². The van der Waals surface area contributed by atoms with Crippen LogP contribution in [0.3, 0.4) is 0 Å². The van der Waals surface area contributed by atoms with Crippen LogP contribution in [0.15, 0.2) is 10.6 Å². The lowest BCUT2D eigenvalue weighted by Crippen LogP contribution is -2.45. The van der Waals surface area contributed by atoms with Crippen LogP contribution in [0.2, 0.25) is 0 Å². The maximum atomic E-state index is 12.7. The fourth-order valence-electron chi connectivity index (χ4n) is 2.53. The number of aromatic nitrogens is 1. The van der Waals surface area contributed by atoms with Gasteiger partial charge in [0.2, 0.25) is 11.8 Å². The molecule has 148 valence electrons. The van der Waals surface area contributed by atoms with Gasteiger partial charge in [0.05, 0.1) is 18.1 Å². The van der Waals surface area contributed by atoms with E-state index in [1.165, 1.54) is 19.9 Å². The first-order chi connectivity index (χ1) is 12.0. The Kier molecular flexibility index (Phi) is 6.14. The molecule has 2 N–H and O–H groups in total. The van der Waals surface area contributed by atoms with Crippen LogP contribution in [0.25, 0.3) is 0 Å². The van der Waals surface area contributed by atoms with Crippen molar-refractivity contribution in [1.29, 1.82) is 0 Å². The second-order valence-electron chi connectivity index (χ2n) is 7.92. The molecule has 1 fully saturated rings. The van der Waals surface area contributed by atoms with Crippen molar-refractivity contribution in [2.24, 2.45) is 5.92 Å². The number of rotatable bonds is 8. The highest BCUT2D eigenvalue weighted by atomic mass is 32.2. The maximum absolute atomic E-state index is 12.7. The summed E-state index contributed by atoms with van der Waals surface area (Å²) in [6.07, 6.45) is 1.33. The predicted octanol–water partition coefficient (Wildman–Crippen LogP) is 1.50. The first kappa shape index (κ1) is 20.9. The highest BCUT2D eigenvalue weighted by Crippen LogP contribution is 2.27. The van der Waals surface area contributed by atoms with Crippen molar-refractivity contribution >= 4 is 21.6 Å². The van der Waals surface area contributed by atoms with E-state index in [1.807, 2.05) is 0 Å². The number of ether oxygens (including phenoxy) is 1. The molecule has 0 aliphatic carbocycles. The fourth-order valence-corrected chi connectivity index (χ4v) is 4.01. The lowest BCUT2D eigenvalue weighted by atomic mass is 9.91. The summed E-state index contributed by atoms with van der Waals surface area (Å²) in [5.41, 5.74) is -0.158. The Bertz CT molecular complexity index is 732. The molecule has 1 amide bonds. The molecule has 0 spiro atoms. The minimum atomic E-state index is -3.66. The summed E-state index contributed by atoms with van der Waals surface area (Å²) < 4.78 is 34.1. The molecular formula is C17H28N2O6S. The number of sulfone groups is 1. The number of anilines is 1. The van der Waals surface area contributed by atoms with Gasteiger partial charge in [-0.15, -0.1) is 0 Å². The number of aliphatic hydroxyl groups excluding tert-OH is 1. The van der Waals surface area contributed by atoms with Gasteiger partial charge in [0, 0.05) is 24.7 Å². The Balaban J connectivity index is 2.04. The van der Waals surface area contributed by atoms with E-state index in [1.54, 1.807) is 13.8 Å². The molecule has 1 aliphatic heterocycles. The van der Waals surface area contributed by atoms with E-state index in [-0.39, 0.29) is 24.2 Å². The third-order valence-electron chi connectivity index (χ3n) is 4.98. The standard InChI is InChI=1S/C17H28N2O6S/c1-16(2,11-20)13-9-14(25-19-13)18-15(21)17(3,4)26(22,23)8-6-12-5-7-24-10-12/h9,12,20H,5-8,10-11H2,1-4H3,(H,18,21)/t12-/m1/s1. The second kappa shape index (κ2) is 7.66. The van der Waals surface area contributed by atoms with Gasteiger partial charge in [-0.05, 0) is 32.6 Å². The second-order valence-corrected chi connectivity index (χ2v) is 10.6. The van der Waals surface area contributed by atoms with Gasteiger partial charge in [-0.2, -0.15) is 0 Å². The Hall–Kier alpha value is -1.45. The number of aliphatic hydroxyl groups is 1. The lowest BCUT2D eigenvalue weighted by Gasteiger charge is -2.23. The molecule has 8 nitrogen and oxygen atoms in total. The van der Waals surface area contributed by atoms with Crippen molar-refractivity contribution in [3.05, 3.63) is 11.8 Å². The van der Waals surface area contributed by atoms with Crippen LogP contribution in [-0.4, -0.2) is 54.9 Å². The fraction of sp³-hybridized carbons (Fsp3) is 0.765. The summed E-state index contributed by atoms with van der Waals surface area (Å²) >= 11 is 0. The zero-order valence-electron chi connectivity index (χ0n) is 15.7. The van der Waals surface area contributed by atoms with E-state index in [4.69, 9.17) is 9.26 Å². The molecule has 9 heteroatoms. The third kappa shape index (κ3) is 4.44. The van der Waals surface area contributed by atoms with E-state index in [2.05, 4.69) is 10.5 Å². The molecule has 0 aromatic carbocycles. The quantitative estimate of drug-likeness (QED) is 0.693. The Morgan fingerprint density at radius 3 is 2.65 bits per heavy atom. The summed E-state index contributed by atoms with van der Waals surface area (Å²) in [5, 5.41) is 15.7. The summed E-state index contributed by atoms with van der Waals surface area (Å²) in [5.74, 6) is -0.467. The van der Waals surface area contributed by atoms with Crippen molar-refractivity contribution < 1.29 is 27.6 Å². The molecule has 2 heterocycles. The minimum Gasteiger partial charge on any atom is -0.395 e. The van der Waals surface area contributed by atoms with E-state index < -0.39 is 25.9 Å².